The highest BCUT2D eigenvalue weighted by Crippen LogP contribution is 2.25. The van der Waals surface area contributed by atoms with Crippen molar-refractivity contribution in [1.29, 1.82) is 0 Å². The number of carbonyl (C=O) groups excluding carboxylic acids is 1. The van der Waals surface area contributed by atoms with E-state index in [0.717, 1.165) is 11.1 Å². The van der Waals surface area contributed by atoms with Gasteiger partial charge in [-0.3, -0.25) is 4.79 Å². The molecule has 2 aromatic rings. The zero-order chi connectivity index (χ0) is 16.4. The van der Waals surface area contributed by atoms with Gasteiger partial charge in [0.05, 0.1) is 7.11 Å². The fraction of sp³-hybridized carbons (Fsp3) is 0.222. The number of hydrogen-bond donors (Lipinski definition) is 1. The van der Waals surface area contributed by atoms with E-state index in [2.05, 4.69) is 0 Å². The Morgan fingerprint density at radius 2 is 1.74 bits per heavy atom. The van der Waals surface area contributed by atoms with Gasteiger partial charge in [-0.2, -0.15) is 0 Å². The Hall–Kier alpha value is -2.82. The Kier molecular flexibility index (Phi) is 4.02. The maximum Gasteiger partial charge on any atom is 0.326 e. The van der Waals surface area contributed by atoms with Crippen LogP contribution in [0.1, 0.15) is 21.5 Å². The van der Waals surface area contributed by atoms with E-state index in [-0.39, 0.29) is 5.91 Å². The minimum absolute atomic E-state index is 0.283. The summed E-state index contributed by atoms with van der Waals surface area (Å²) in [4.78, 5) is 25.8. The molecule has 0 radical (unpaired) electrons. The number of carboxylic acid groups (broad SMARTS) is 1. The van der Waals surface area contributed by atoms with Crippen LogP contribution in [0, 0.1) is 0 Å². The summed E-state index contributed by atoms with van der Waals surface area (Å²) in [5.74, 6) is -0.615. The highest BCUT2D eigenvalue weighted by atomic mass is 16.5. The molecule has 1 aliphatic rings. The molecule has 0 fully saturated rings. The molecule has 1 N–H and O–H groups in total. The van der Waals surface area contributed by atoms with Crippen LogP contribution < -0.4 is 4.74 Å². The summed E-state index contributed by atoms with van der Waals surface area (Å²) < 4.78 is 5.08. The summed E-state index contributed by atoms with van der Waals surface area (Å²) in [6, 6.07) is 13.5. The summed E-state index contributed by atoms with van der Waals surface area (Å²) in [6.45, 7) is 0.304. The molecule has 0 spiro atoms. The SMILES string of the molecule is COc1ccc(C(=O)N2Cc3ccccc3CC2C(=O)O)cc1. The van der Waals surface area contributed by atoms with Gasteiger partial charge in [-0.25, -0.2) is 4.79 Å². The van der Waals surface area contributed by atoms with Crippen LogP contribution in [-0.4, -0.2) is 35.0 Å². The van der Waals surface area contributed by atoms with Gasteiger partial charge in [0, 0.05) is 18.5 Å². The van der Waals surface area contributed by atoms with Crippen LogP contribution in [0.4, 0.5) is 0 Å². The Bertz CT molecular complexity index is 739. The van der Waals surface area contributed by atoms with E-state index in [1.165, 1.54) is 4.90 Å². The topological polar surface area (TPSA) is 66.8 Å². The molecule has 118 valence electrons. The number of methoxy groups -OCH3 is 1. The van der Waals surface area contributed by atoms with Crippen molar-refractivity contribution in [2.75, 3.05) is 7.11 Å². The number of carboxylic acids is 1. The zero-order valence-corrected chi connectivity index (χ0v) is 12.7. The minimum Gasteiger partial charge on any atom is -0.497 e. The second kappa shape index (κ2) is 6.12. The molecular formula is C18H17NO4. The quantitative estimate of drug-likeness (QED) is 0.945. The van der Waals surface area contributed by atoms with Crippen molar-refractivity contribution in [1.82, 2.24) is 4.90 Å². The Morgan fingerprint density at radius 1 is 1.09 bits per heavy atom. The van der Waals surface area contributed by atoms with Gasteiger partial charge in [0.25, 0.3) is 5.91 Å². The Balaban J connectivity index is 1.92. The number of nitrogens with zero attached hydrogens (tertiary/aromatic N) is 1. The second-order valence-electron chi connectivity index (χ2n) is 5.49. The van der Waals surface area contributed by atoms with E-state index >= 15 is 0 Å². The summed E-state index contributed by atoms with van der Waals surface area (Å²) in [7, 11) is 1.55. The van der Waals surface area contributed by atoms with Gasteiger partial charge < -0.3 is 14.7 Å². The van der Waals surface area contributed by atoms with Gasteiger partial charge >= 0.3 is 5.97 Å². The number of rotatable bonds is 3. The molecule has 1 heterocycles. The first-order chi connectivity index (χ1) is 11.1. The first-order valence-corrected chi connectivity index (χ1v) is 7.35. The molecule has 3 rings (SSSR count). The first-order valence-electron chi connectivity index (χ1n) is 7.35. The number of amides is 1. The van der Waals surface area contributed by atoms with E-state index in [0.29, 0.717) is 24.3 Å². The van der Waals surface area contributed by atoms with Crippen molar-refractivity contribution < 1.29 is 19.4 Å². The molecule has 1 aliphatic heterocycles. The number of carbonyl (C=O) groups is 2. The molecule has 0 bridgehead atoms. The molecule has 1 unspecified atom stereocenters. The van der Waals surface area contributed by atoms with Crippen LogP contribution in [-0.2, 0) is 17.8 Å². The first kappa shape index (κ1) is 15.1. The molecule has 2 aromatic carbocycles. The predicted octanol–water partition coefficient (Wildman–Crippen LogP) is 2.35. The fourth-order valence-corrected chi connectivity index (χ4v) is 2.86. The summed E-state index contributed by atoms with van der Waals surface area (Å²) in [5, 5.41) is 9.50. The fourth-order valence-electron chi connectivity index (χ4n) is 2.86. The van der Waals surface area contributed by atoms with Crippen molar-refractivity contribution in [3.63, 3.8) is 0 Å². The summed E-state index contributed by atoms with van der Waals surface area (Å²) >= 11 is 0. The zero-order valence-electron chi connectivity index (χ0n) is 12.7. The van der Waals surface area contributed by atoms with E-state index in [4.69, 9.17) is 4.74 Å². The Labute approximate surface area is 134 Å². The highest BCUT2D eigenvalue weighted by Gasteiger charge is 2.34. The number of fused-ring (bicyclic) bond motifs is 1. The van der Waals surface area contributed by atoms with Gasteiger partial charge in [0.2, 0.25) is 0 Å². The third-order valence-electron chi connectivity index (χ3n) is 4.13. The van der Waals surface area contributed by atoms with Crippen molar-refractivity contribution in [3.8, 4) is 5.75 Å². The Morgan fingerprint density at radius 3 is 2.35 bits per heavy atom. The molecule has 1 amide bonds. The smallest absolute Gasteiger partial charge is 0.326 e. The third kappa shape index (κ3) is 2.90. The van der Waals surface area contributed by atoms with Crippen molar-refractivity contribution in [3.05, 3.63) is 65.2 Å². The molecule has 0 saturated carbocycles. The van der Waals surface area contributed by atoms with Crippen molar-refractivity contribution in [2.45, 2.75) is 19.0 Å². The minimum atomic E-state index is -0.985. The van der Waals surface area contributed by atoms with Crippen LogP contribution in [0.5, 0.6) is 5.75 Å². The van der Waals surface area contributed by atoms with Gasteiger partial charge in [-0.15, -0.1) is 0 Å². The predicted molar refractivity (Wildman–Crippen MR) is 84.4 cm³/mol. The molecule has 5 nitrogen and oxygen atoms in total. The van der Waals surface area contributed by atoms with Gasteiger partial charge in [0.15, 0.2) is 0 Å². The number of ether oxygens (including phenoxy) is 1. The highest BCUT2D eigenvalue weighted by molar-refractivity contribution is 5.97. The molecule has 1 atom stereocenters. The third-order valence-corrected chi connectivity index (χ3v) is 4.13. The maximum atomic E-state index is 12.7. The van der Waals surface area contributed by atoms with Gasteiger partial charge in [-0.05, 0) is 35.4 Å². The van der Waals surface area contributed by atoms with E-state index in [9.17, 15) is 14.7 Å². The average Bonchev–Trinajstić information content (AvgIpc) is 2.60. The normalized spacial score (nSPS) is 16.6. The number of benzene rings is 2. The largest absolute Gasteiger partial charge is 0.497 e. The summed E-state index contributed by atoms with van der Waals surface area (Å²) in [5.41, 5.74) is 2.43. The number of aliphatic carboxylic acids is 1. The monoisotopic (exact) mass is 311 g/mol. The average molecular weight is 311 g/mol. The van der Waals surface area contributed by atoms with Crippen LogP contribution in [0.2, 0.25) is 0 Å². The van der Waals surface area contributed by atoms with Gasteiger partial charge in [0.1, 0.15) is 11.8 Å². The molecule has 0 saturated heterocycles. The summed E-state index contributed by atoms with van der Waals surface area (Å²) in [6.07, 6.45) is 0.327. The molecule has 23 heavy (non-hydrogen) atoms. The van der Waals surface area contributed by atoms with E-state index in [1.807, 2.05) is 24.3 Å². The second-order valence-corrected chi connectivity index (χ2v) is 5.49. The van der Waals surface area contributed by atoms with Crippen LogP contribution in [0.15, 0.2) is 48.5 Å². The van der Waals surface area contributed by atoms with Crippen LogP contribution >= 0.6 is 0 Å². The van der Waals surface area contributed by atoms with Gasteiger partial charge in [-0.1, -0.05) is 24.3 Å². The molecule has 0 aromatic heterocycles. The van der Waals surface area contributed by atoms with Crippen LogP contribution in [0.3, 0.4) is 0 Å². The molecule has 5 heteroatoms. The molecular weight excluding hydrogens is 294 g/mol. The molecule has 0 aliphatic carbocycles. The lowest BCUT2D eigenvalue weighted by Crippen LogP contribution is -2.48. The lowest BCUT2D eigenvalue weighted by molar-refractivity contribution is -0.142. The lowest BCUT2D eigenvalue weighted by atomic mass is 9.93. The van der Waals surface area contributed by atoms with E-state index < -0.39 is 12.0 Å². The standard InChI is InChI=1S/C18H17NO4/c1-23-15-8-6-12(7-9-15)17(20)19-11-14-5-3-2-4-13(14)10-16(19)18(21)22/h2-9,16H,10-11H2,1H3,(H,21,22). The number of hydrogen-bond acceptors (Lipinski definition) is 3. The van der Waals surface area contributed by atoms with Crippen molar-refractivity contribution >= 4 is 11.9 Å². The lowest BCUT2D eigenvalue weighted by Gasteiger charge is -2.34. The maximum absolute atomic E-state index is 12.7. The van der Waals surface area contributed by atoms with Crippen molar-refractivity contribution in [2.24, 2.45) is 0 Å². The van der Waals surface area contributed by atoms with Crippen LogP contribution in [0.25, 0.3) is 0 Å². The van der Waals surface area contributed by atoms with E-state index in [1.54, 1.807) is 31.4 Å².